The number of sulfonamides is 1. The molecule has 4 nitrogen and oxygen atoms in total. The zero-order valence-electron chi connectivity index (χ0n) is 12.4. The molecule has 0 bridgehead atoms. The minimum atomic E-state index is -3.59. The molecule has 1 heterocycles. The van der Waals surface area contributed by atoms with E-state index in [1.165, 1.54) is 4.31 Å². The highest BCUT2D eigenvalue weighted by Crippen LogP contribution is 2.37. The Morgan fingerprint density at radius 1 is 1.09 bits per heavy atom. The first-order chi connectivity index (χ1) is 10.3. The van der Waals surface area contributed by atoms with Crippen LogP contribution in [-0.2, 0) is 10.0 Å². The van der Waals surface area contributed by atoms with E-state index in [0.717, 1.165) is 10.2 Å². The number of benzene rings is 2. The molecule has 3 rings (SSSR count). The summed E-state index contributed by atoms with van der Waals surface area (Å²) < 4.78 is 28.4. The van der Waals surface area contributed by atoms with Crippen LogP contribution in [-0.4, -0.2) is 20.5 Å². The average Bonchev–Trinajstić information content (AvgIpc) is 2.46. The van der Waals surface area contributed by atoms with Crippen LogP contribution in [0.5, 0.6) is 0 Å². The molecule has 0 aliphatic carbocycles. The van der Waals surface area contributed by atoms with Crippen LogP contribution in [0.15, 0.2) is 57.9 Å². The fourth-order valence-corrected chi connectivity index (χ4v) is 4.50. The van der Waals surface area contributed by atoms with E-state index in [2.05, 4.69) is 21.2 Å². The lowest BCUT2D eigenvalue weighted by atomic mass is 10.0. The molecule has 2 aromatic rings. The molecule has 116 valence electrons. The Hall–Kier alpha value is -1.53. The Balaban J connectivity index is 2.12. The van der Waals surface area contributed by atoms with Gasteiger partial charge in [0, 0.05) is 4.47 Å². The van der Waals surface area contributed by atoms with Crippen molar-refractivity contribution in [1.29, 1.82) is 0 Å². The molecule has 0 saturated carbocycles. The summed E-state index contributed by atoms with van der Waals surface area (Å²) >= 11 is 3.33. The minimum Gasteiger partial charge on any atom is -0.377 e. The number of rotatable bonds is 2. The number of fused-ring (bicyclic) bond motifs is 1. The van der Waals surface area contributed by atoms with Crippen molar-refractivity contribution in [2.75, 3.05) is 16.2 Å². The summed E-state index contributed by atoms with van der Waals surface area (Å²) in [4.78, 5) is 0.295. The third kappa shape index (κ3) is 2.73. The maximum absolute atomic E-state index is 13.0. The summed E-state index contributed by atoms with van der Waals surface area (Å²) in [6, 6.07) is 14.2. The van der Waals surface area contributed by atoms with Crippen LogP contribution in [0.3, 0.4) is 0 Å². The molecule has 22 heavy (non-hydrogen) atoms. The van der Waals surface area contributed by atoms with E-state index in [-0.39, 0.29) is 5.54 Å². The van der Waals surface area contributed by atoms with Gasteiger partial charge >= 0.3 is 0 Å². The maximum Gasteiger partial charge on any atom is 0.264 e. The second-order valence-corrected chi connectivity index (χ2v) is 8.77. The van der Waals surface area contributed by atoms with Crippen LogP contribution < -0.4 is 9.62 Å². The molecule has 0 fully saturated rings. The monoisotopic (exact) mass is 380 g/mol. The van der Waals surface area contributed by atoms with E-state index in [9.17, 15) is 8.42 Å². The van der Waals surface area contributed by atoms with E-state index >= 15 is 0 Å². The molecule has 0 saturated heterocycles. The SMILES string of the molecule is CC1(C)CN(S(=O)(=O)c2ccc(Br)cc2)c2ccccc2N1. The predicted octanol–water partition coefficient (Wildman–Crippen LogP) is 3.85. The molecule has 0 unspecified atom stereocenters. The Morgan fingerprint density at radius 3 is 2.41 bits per heavy atom. The zero-order valence-corrected chi connectivity index (χ0v) is 14.8. The van der Waals surface area contributed by atoms with Crippen LogP contribution in [0.4, 0.5) is 11.4 Å². The van der Waals surface area contributed by atoms with Gasteiger partial charge in [0.2, 0.25) is 0 Å². The van der Waals surface area contributed by atoms with E-state index in [1.807, 2.05) is 38.1 Å². The topological polar surface area (TPSA) is 49.4 Å². The summed E-state index contributed by atoms with van der Waals surface area (Å²) in [7, 11) is -3.59. The van der Waals surface area contributed by atoms with Gasteiger partial charge in [-0.1, -0.05) is 28.1 Å². The number of hydrogen-bond acceptors (Lipinski definition) is 3. The van der Waals surface area contributed by atoms with Crippen LogP contribution in [0, 0.1) is 0 Å². The van der Waals surface area contributed by atoms with Gasteiger partial charge in [-0.15, -0.1) is 0 Å². The minimum absolute atomic E-state index is 0.295. The first-order valence-electron chi connectivity index (χ1n) is 6.95. The number of halogens is 1. The third-order valence-corrected chi connectivity index (χ3v) is 5.89. The molecule has 1 aliphatic heterocycles. The fourth-order valence-electron chi connectivity index (χ4n) is 2.59. The van der Waals surface area contributed by atoms with Crippen molar-refractivity contribution in [3.63, 3.8) is 0 Å². The smallest absolute Gasteiger partial charge is 0.264 e. The van der Waals surface area contributed by atoms with Gasteiger partial charge in [0.15, 0.2) is 0 Å². The summed E-state index contributed by atoms with van der Waals surface area (Å²) in [5.74, 6) is 0. The number of hydrogen-bond donors (Lipinski definition) is 1. The van der Waals surface area contributed by atoms with E-state index < -0.39 is 10.0 Å². The van der Waals surface area contributed by atoms with Crippen molar-refractivity contribution < 1.29 is 8.42 Å². The zero-order chi connectivity index (χ0) is 16.0. The van der Waals surface area contributed by atoms with Gasteiger partial charge in [-0.25, -0.2) is 8.42 Å². The van der Waals surface area contributed by atoms with Gasteiger partial charge in [-0.05, 0) is 50.2 Å². The van der Waals surface area contributed by atoms with Crippen molar-refractivity contribution in [1.82, 2.24) is 0 Å². The number of nitrogens with zero attached hydrogens (tertiary/aromatic N) is 1. The predicted molar refractivity (Wildman–Crippen MR) is 92.8 cm³/mol. The molecule has 0 aromatic heterocycles. The lowest BCUT2D eigenvalue weighted by molar-refractivity contribution is 0.543. The van der Waals surface area contributed by atoms with Crippen molar-refractivity contribution in [2.45, 2.75) is 24.3 Å². The van der Waals surface area contributed by atoms with Crippen molar-refractivity contribution in [3.8, 4) is 0 Å². The average molecular weight is 381 g/mol. The van der Waals surface area contributed by atoms with E-state index in [1.54, 1.807) is 24.3 Å². The number of nitrogens with one attached hydrogen (secondary N) is 1. The Labute approximate surface area is 139 Å². The molecule has 0 spiro atoms. The molecule has 2 aromatic carbocycles. The first kappa shape index (κ1) is 15.4. The summed E-state index contributed by atoms with van der Waals surface area (Å²) in [5, 5.41) is 3.39. The highest BCUT2D eigenvalue weighted by molar-refractivity contribution is 9.10. The van der Waals surface area contributed by atoms with Crippen LogP contribution in [0.1, 0.15) is 13.8 Å². The molecule has 6 heteroatoms. The summed E-state index contributed by atoms with van der Waals surface area (Å²) in [6.07, 6.45) is 0. The summed E-state index contributed by atoms with van der Waals surface area (Å²) in [6.45, 7) is 4.36. The van der Waals surface area contributed by atoms with E-state index in [0.29, 0.717) is 17.1 Å². The van der Waals surface area contributed by atoms with Gasteiger partial charge in [0.1, 0.15) is 0 Å². The molecule has 0 radical (unpaired) electrons. The van der Waals surface area contributed by atoms with Crippen molar-refractivity contribution in [2.24, 2.45) is 0 Å². The lowest BCUT2D eigenvalue weighted by Gasteiger charge is -2.41. The molecular weight excluding hydrogens is 364 g/mol. The molecule has 1 N–H and O–H groups in total. The molecule has 0 atom stereocenters. The normalized spacial score (nSPS) is 16.8. The standard InChI is InChI=1S/C16H17BrN2O2S/c1-16(2)11-19(15-6-4-3-5-14(15)18-16)22(20,21)13-9-7-12(17)8-10-13/h3-10,18H,11H2,1-2H3. The van der Waals surface area contributed by atoms with Crippen LogP contribution >= 0.6 is 15.9 Å². The van der Waals surface area contributed by atoms with Gasteiger partial charge in [-0.2, -0.15) is 0 Å². The van der Waals surface area contributed by atoms with Crippen molar-refractivity contribution >= 4 is 37.3 Å². The van der Waals surface area contributed by atoms with Gasteiger partial charge in [0.25, 0.3) is 10.0 Å². The maximum atomic E-state index is 13.0. The molecule has 1 aliphatic rings. The highest BCUT2D eigenvalue weighted by Gasteiger charge is 2.36. The lowest BCUT2D eigenvalue weighted by Crippen LogP contribution is -2.50. The van der Waals surface area contributed by atoms with Gasteiger partial charge in [0.05, 0.1) is 28.4 Å². The van der Waals surface area contributed by atoms with Crippen LogP contribution in [0.25, 0.3) is 0 Å². The Kier molecular flexibility index (Phi) is 3.69. The number of anilines is 2. The van der Waals surface area contributed by atoms with Crippen molar-refractivity contribution in [3.05, 3.63) is 53.0 Å². The second kappa shape index (κ2) is 5.28. The number of para-hydroxylation sites is 2. The van der Waals surface area contributed by atoms with Gasteiger partial charge in [-0.3, -0.25) is 4.31 Å². The van der Waals surface area contributed by atoms with Gasteiger partial charge < -0.3 is 5.32 Å². The molecular formula is C16H17BrN2O2S. The van der Waals surface area contributed by atoms with E-state index in [4.69, 9.17) is 0 Å². The summed E-state index contributed by atoms with van der Waals surface area (Å²) in [5.41, 5.74) is 1.18. The first-order valence-corrected chi connectivity index (χ1v) is 9.18. The van der Waals surface area contributed by atoms with Crippen LogP contribution in [0.2, 0.25) is 0 Å². The molecule has 0 amide bonds. The largest absolute Gasteiger partial charge is 0.377 e. The fraction of sp³-hybridized carbons (Fsp3) is 0.250. The quantitative estimate of drug-likeness (QED) is 0.860. The highest BCUT2D eigenvalue weighted by atomic mass is 79.9. The second-order valence-electron chi connectivity index (χ2n) is 5.99. The Morgan fingerprint density at radius 2 is 1.73 bits per heavy atom. The Bertz CT molecular complexity index is 801. The third-order valence-electron chi connectivity index (χ3n) is 3.59.